The summed E-state index contributed by atoms with van der Waals surface area (Å²) in [5.41, 5.74) is -0.621. The first-order valence-corrected chi connectivity index (χ1v) is 23.4. The number of aliphatic hydroxyl groups is 2. The van der Waals surface area contributed by atoms with Crippen molar-refractivity contribution in [1.29, 1.82) is 0 Å². The summed E-state index contributed by atoms with van der Waals surface area (Å²) in [6.07, 6.45) is 3.57. The van der Waals surface area contributed by atoms with E-state index in [1.807, 2.05) is 0 Å². The average molecular weight is 957 g/mol. The van der Waals surface area contributed by atoms with Gasteiger partial charge in [-0.25, -0.2) is 4.98 Å². The van der Waals surface area contributed by atoms with E-state index in [4.69, 9.17) is 37.8 Å². The molecule has 4 aliphatic heterocycles. The molecule has 4 heterocycles. The fraction of sp³-hybridized carbons (Fsp3) is 0.510. The Morgan fingerprint density at radius 1 is 0.986 bits per heavy atom. The second-order valence-corrected chi connectivity index (χ2v) is 18.4. The predicted molar refractivity (Wildman–Crippen MR) is 257 cm³/mol. The number of nitrogens with one attached hydrogen (secondary N) is 2. The highest BCUT2D eigenvalue weighted by atomic mass is 16.7. The van der Waals surface area contributed by atoms with Crippen LogP contribution in [0.1, 0.15) is 64.4 Å². The molecule has 1 saturated heterocycles. The van der Waals surface area contributed by atoms with E-state index in [1.54, 1.807) is 58.0 Å². The molecule has 5 aliphatic rings. The van der Waals surface area contributed by atoms with Crippen molar-refractivity contribution in [3.8, 4) is 28.7 Å². The first-order valence-electron chi connectivity index (χ1n) is 23.4. The number of methoxy groups -OCH3 is 1. The largest absolute Gasteiger partial charge is 0.507 e. The maximum absolute atomic E-state index is 14.8. The van der Waals surface area contributed by atoms with Crippen molar-refractivity contribution in [2.45, 2.75) is 85.6 Å². The normalized spacial score (nSPS) is 28.5. The maximum atomic E-state index is 14.8. The van der Waals surface area contributed by atoms with Crippen LogP contribution in [-0.4, -0.2) is 133 Å². The van der Waals surface area contributed by atoms with Gasteiger partial charge in [-0.2, -0.15) is 0 Å². The minimum absolute atomic E-state index is 0.0286. The Labute approximate surface area is 400 Å². The number of amides is 1. The molecule has 0 unspecified atom stereocenters. The monoisotopic (exact) mass is 956 g/mol. The standard InChI is InChI=1S/C51H64N4O14/c1-26-11-10-12-27(2)50(62)54-41-45(60)38-37(40-48(41)68-36-25-33(13-14-34(36)53-40)65-23-17-52-16-22-64-24-20-55-18-19-55)39-47(31(6)44(38)59)69-51(8,49(39)61)66-21-15-35(63-9)28(3)46(67-32(7)56)30(5)43(58)29(4)42(26)57/h10-15,21,25-26,28-30,35,42-43,46,52,57-59H,16-20,22-24H2,1-9H3,(H,54,62)/b11-10+,21-15+,27-12-/t26-,28+,29+,30+,35-,42-,43+,46+,51-/m0/s1. The quantitative estimate of drug-likeness (QED) is 0.0401. The van der Waals surface area contributed by atoms with Crippen LogP contribution >= 0.6 is 0 Å². The van der Waals surface area contributed by atoms with Gasteiger partial charge >= 0.3 is 11.8 Å². The van der Waals surface area contributed by atoms with Gasteiger partial charge in [0.15, 0.2) is 11.3 Å². The SMILES string of the molecule is CO[C@H]1/C=C/O[C@@]2(C)Oc3c(C)c(O)c4c(=O)c(c5oc6cc(OCCNCCOCCN7CC7)ccc6nc-5c4c3C2=O)NC(=O)/C(C)=C\C=C\[C@H](C)[C@H](O)[C@@H](C)[C@@H](O)[C@@H](C)[C@H](OC(C)=O)[C@@H]1C. The Morgan fingerprint density at radius 3 is 2.43 bits per heavy atom. The van der Waals surface area contributed by atoms with Gasteiger partial charge in [-0.05, 0) is 32.1 Å². The summed E-state index contributed by atoms with van der Waals surface area (Å²) in [5, 5.41) is 40.5. The Kier molecular flexibility index (Phi) is 15.8. The second-order valence-electron chi connectivity index (χ2n) is 18.4. The van der Waals surface area contributed by atoms with E-state index in [2.05, 4.69) is 15.5 Å². The second kappa shape index (κ2) is 21.4. The van der Waals surface area contributed by atoms with Gasteiger partial charge in [0.1, 0.15) is 46.9 Å². The number of hydrogen-bond acceptors (Lipinski definition) is 17. The van der Waals surface area contributed by atoms with Gasteiger partial charge in [-0.1, -0.05) is 45.9 Å². The highest BCUT2D eigenvalue weighted by molar-refractivity contribution is 6.22. The van der Waals surface area contributed by atoms with Crippen LogP contribution in [0.3, 0.4) is 0 Å². The molecule has 0 aromatic heterocycles. The molecule has 2 aromatic rings. The number of Topliss-reactive ketones (excluding diaryl/α,β-unsaturated/α-hetero) is 1. The third-order valence-electron chi connectivity index (χ3n) is 13.4. The summed E-state index contributed by atoms with van der Waals surface area (Å²) in [6.45, 7) is 18.6. The molecule has 0 saturated carbocycles. The summed E-state index contributed by atoms with van der Waals surface area (Å²) in [4.78, 5) is 63.2. The van der Waals surface area contributed by atoms with E-state index in [0.29, 0.717) is 44.2 Å². The number of phenols is 1. The topological polar surface area (TPSA) is 237 Å². The van der Waals surface area contributed by atoms with Gasteiger partial charge in [0.25, 0.3) is 11.7 Å². The molecule has 1 fully saturated rings. The van der Waals surface area contributed by atoms with E-state index >= 15 is 0 Å². The number of fused-ring (bicyclic) bond motifs is 2. The number of hydrogen-bond donors (Lipinski definition) is 5. The van der Waals surface area contributed by atoms with E-state index < -0.39 is 82.7 Å². The lowest BCUT2D eigenvalue weighted by Gasteiger charge is -2.38. The number of allylic oxidation sites excluding steroid dienone is 2. The Bertz CT molecular complexity index is 2690. The lowest BCUT2D eigenvalue weighted by Crippen LogP contribution is -2.46. The van der Waals surface area contributed by atoms with Gasteiger partial charge in [0.05, 0.1) is 48.7 Å². The molecule has 372 valence electrons. The van der Waals surface area contributed by atoms with Gasteiger partial charge in [0.2, 0.25) is 5.43 Å². The van der Waals surface area contributed by atoms with Crippen molar-refractivity contribution >= 4 is 45.2 Å². The molecule has 2 aromatic carbocycles. The molecular weight excluding hydrogens is 893 g/mol. The van der Waals surface area contributed by atoms with Crippen molar-refractivity contribution in [2.24, 2.45) is 23.7 Å². The minimum atomic E-state index is -2.05. The molecule has 0 radical (unpaired) electrons. The zero-order valence-corrected chi connectivity index (χ0v) is 40.6. The number of esters is 1. The van der Waals surface area contributed by atoms with Crippen LogP contribution in [0.2, 0.25) is 0 Å². The third-order valence-corrected chi connectivity index (χ3v) is 13.4. The van der Waals surface area contributed by atoms with Crippen LogP contribution in [0, 0.1) is 30.6 Å². The van der Waals surface area contributed by atoms with Crippen LogP contribution in [-0.2, 0) is 28.5 Å². The van der Waals surface area contributed by atoms with E-state index in [-0.39, 0.29) is 55.9 Å². The molecular formula is C51H64N4O14. The summed E-state index contributed by atoms with van der Waals surface area (Å²) < 4.78 is 42.1. The Hall–Kier alpha value is -5.89. The minimum Gasteiger partial charge on any atom is -0.507 e. The number of benzene rings is 3. The van der Waals surface area contributed by atoms with Gasteiger partial charge in [0, 0.05) is 99.9 Å². The summed E-state index contributed by atoms with van der Waals surface area (Å²) in [7, 11) is 1.44. The smallest absolute Gasteiger partial charge is 0.312 e. The molecule has 18 heteroatoms. The molecule has 5 N–H and O–H groups in total. The van der Waals surface area contributed by atoms with Crippen molar-refractivity contribution in [1.82, 2.24) is 15.2 Å². The van der Waals surface area contributed by atoms with Crippen molar-refractivity contribution in [3.63, 3.8) is 0 Å². The Balaban J connectivity index is 1.31. The number of aromatic nitrogens is 1. The van der Waals surface area contributed by atoms with E-state index in [9.17, 15) is 34.5 Å². The molecule has 0 spiro atoms. The zero-order valence-electron chi connectivity index (χ0n) is 40.6. The van der Waals surface area contributed by atoms with Crippen LogP contribution in [0.5, 0.6) is 17.2 Å². The number of carbonyl (C=O) groups excluding carboxylic acids is 3. The van der Waals surface area contributed by atoms with E-state index in [0.717, 1.165) is 19.6 Å². The molecule has 4 bridgehead atoms. The maximum Gasteiger partial charge on any atom is 0.312 e. The number of ketones is 1. The van der Waals surface area contributed by atoms with Crippen LogP contribution in [0.4, 0.5) is 5.69 Å². The van der Waals surface area contributed by atoms with Crippen LogP contribution in [0.25, 0.3) is 33.3 Å². The highest BCUT2D eigenvalue weighted by Crippen LogP contribution is 2.50. The number of nitrogens with zero attached hydrogens (tertiary/aromatic N) is 2. The summed E-state index contributed by atoms with van der Waals surface area (Å²) in [6, 6.07) is 4.96. The third kappa shape index (κ3) is 10.8. The van der Waals surface area contributed by atoms with Crippen molar-refractivity contribution in [2.75, 3.05) is 65.0 Å². The fourth-order valence-electron chi connectivity index (χ4n) is 8.97. The highest BCUT2D eigenvalue weighted by Gasteiger charge is 2.50. The number of anilines is 1. The summed E-state index contributed by atoms with van der Waals surface area (Å²) >= 11 is 0. The first-order chi connectivity index (χ1) is 32.9. The van der Waals surface area contributed by atoms with Gasteiger partial charge in [-0.3, -0.25) is 24.1 Å². The Morgan fingerprint density at radius 2 is 1.72 bits per heavy atom. The number of phenolic OH excluding ortho intramolecular Hbond substituents is 1. The number of ether oxygens (including phenoxy) is 6. The van der Waals surface area contributed by atoms with Gasteiger partial charge in [-0.15, -0.1) is 0 Å². The van der Waals surface area contributed by atoms with Gasteiger partial charge < -0.3 is 58.8 Å². The lowest BCUT2D eigenvalue weighted by molar-refractivity contribution is -0.160. The lowest BCUT2D eigenvalue weighted by atomic mass is 9.78. The number of rotatable bonds is 12. The number of carbonyl (C=O) groups is 3. The van der Waals surface area contributed by atoms with E-state index in [1.165, 1.54) is 53.2 Å². The number of aliphatic hydroxyl groups excluding tert-OH is 2. The molecule has 9 atom stereocenters. The molecule has 7 rings (SSSR count). The molecule has 18 nitrogen and oxygen atoms in total. The van der Waals surface area contributed by atoms with Crippen LogP contribution in [0.15, 0.2) is 63.6 Å². The zero-order chi connectivity index (χ0) is 49.9. The summed E-state index contributed by atoms with van der Waals surface area (Å²) in [5.74, 6) is -6.88. The fourth-order valence-corrected chi connectivity index (χ4v) is 8.97. The average Bonchev–Trinajstić information content (AvgIpc) is 4.12. The predicted octanol–water partition coefficient (Wildman–Crippen LogP) is 5.25. The molecule has 1 amide bonds. The molecule has 1 aliphatic carbocycles. The van der Waals surface area contributed by atoms with Crippen molar-refractivity contribution < 1.29 is 62.5 Å². The number of aromatic hydroxyl groups is 1. The molecule has 69 heavy (non-hydrogen) atoms. The van der Waals surface area contributed by atoms with Crippen LogP contribution < -0.4 is 25.5 Å². The first kappa shape index (κ1) is 51.0. The van der Waals surface area contributed by atoms with Crippen molar-refractivity contribution in [3.05, 3.63) is 75.7 Å².